The van der Waals surface area contributed by atoms with Gasteiger partial charge in [-0.1, -0.05) is 12.1 Å². The fraction of sp³-hybridized carbons (Fsp3) is 0.476. The Balaban J connectivity index is 1.56. The van der Waals surface area contributed by atoms with Crippen molar-refractivity contribution in [3.63, 3.8) is 0 Å². The van der Waals surface area contributed by atoms with Crippen molar-refractivity contribution in [3.05, 3.63) is 51.5 Å². The molecule has 2 N–H and O–H groups in total. The van der Waals surface area contributed by atoms with Crippen molar-refractivity contribution in [2.45, 2.75) is 31.6 Å². The van der Waals surface area contributed by atoms with Crippen LogP contribution in [0, 0.1) is 27.3 Å². The second-order valence-corrected chi connectivity index (χ2v) is 8.11. The molecule has 1 saturated heterocycles. The Morgan fingerprint density at radius 2 is 1.93 bits per heavy atom. The molecule has 1 aromatic carbocycles. The number of aromatic nitrogens is 2. The highest BCUT2D eigenvalue weighted by Crippen LogP contribution is 2.22. The molecule has 2 atom stereocenters. The van der Waals surface area contributed by atoms with Gasteiger partial charge < -0.3 is 19.2 Å². The van der Waals surface area contributed by atoms with Crippen LogP contribution >= 0.6 is 12.2 Å². The topological polar surface area (TPSA) is 82.0 Å². The van der Waals surface area contributed by atoms with Crippen LogP contribution in [0.5, 0.6) is 0 Å². The number of ether oxygens (including phenoxy) is 1. The standard InChI is InChI=1S/C21H27FN6OS/c1-26(12-14-4-6-15(22)7-5-14)13-17-9-8-16(29-17)11-25-20-18(10-23)19(24)27(2)21(30)28(20)3/h4-7,16-17,24-25H,8-9,11-13H2,1-3H3/t16-,17+/m0/s1. The number of likely N-dealkylation sites (N-methyl/N-ethyl adjacent to an activating group) is 1. The van der Waals surface area contributed by atoms with Crippen molar-refractivity contribution in [1.82, 2.24) is 14.0 Å². The molecule has 7 nitrogen and oxygen atoms in total. The number of hydrogen-bond donors (Lipinski definition) is 2. The summed E-state index contributed by atoms with van der Waals surface area (Å²) in [6.07, 6.45) is 2.03. The Bertz CT molecular complexity index is 1060. The van der Waals surface area contributed by atoms with Gasteiger partial charge in [0.05, 0.1) is 12.2 Å². The van der Waals surface area contributed by atoms with Gasteiger partial charge in [-0.3, -0.25) is 10.3 Å². The Hall–Kier alpha value is -2.54. The molecule has 3 rings (SSSR count). The van der Waals surface area contributed by atoms with Crippen molar-refractivity contribution in [2.24, 2.45) is 14.1 Å². The fourth-order valence-electron chi connectivity index (χ4n) is 3.77. The molecular formula is C21H27FN6OS. The van der Waals surface area contributed by atoms with Crippen molar-refractivity contribution < 1.29 is 9.13 Å². The summed E-state index contributed by atoms with van der Waals surface area (Å²) in [5.41, 5.74) is 1.42. The van der Waals surface area contributed by atoms with E-state index < -0.39 is 0 Å². The van der Waals surface area contributed by atoms with E-state index >= 15 is 0 Å². The van der Waals surface area contributed by atoms with E-state index in [1.807, 2.05) is 7.05 Å². The molecule has 0 radical (unpaired) electrons. The maximum atomic E-state index is 13.1. The maximum Gasteiger partial charge on any atom is 0.182 e. The number of anilines is 1. The third-order valence-corrected chi connectivity index (χ3v) is 5.95. The maximum absolute atomic E-state index is 13.1. The summed E-state index contributed by atoms with van der Waals surface area (Å²) in [6.45, 7) is 2.07. The van der Waals surface area contributed by atoms with Gasteiger partial charge in [0.25, 0.3) is 0 Å². The lowest BCUT2D eigenvalue weighted by Gasteiger charge is -2.22. The molecule has 9 heteroatoms. The number of halogens is 1. The lowest BCUT2D eigenvalue weighted by atomic mass is 10.1. The molecule has 0 amide bonds. The number of hydrogen-bond acceptors (Lipinski definition) is 6. The van der Waals surface area contributed by atoms with Gasteiger partial charge in [0.2, 0.25) is 0 Å². The zero-order valence-corrected chi connectivity index (χ0v) is 18.3. The van der Waals surface area contributed by atoms with Crippen LogP contribution in [0.2, 0.25) is 0 Å². The van der Waals surface area contributed by atoms with Gasteiger partial charge in [0, 0.05) is 33.7 Å². The van der Waals surface area contributed by atoms with E-state index in [1.165, 1.54) is 16.7 Å². The molecule has 1 aliphatic heterocycles. The largest absolute Gasteiger partial charge is 0.372 e. The highest BCUT2D eigenvalue weighted by Gasteiger charge is 2.26. The molecule has 1 fully saturated rings. The normalized spacial score (nSPS) is 18.5. The van der Waals surface area contributed by atoms with Crippen LogP contribution in [0.15, 0.2) is 24.3 Å². The SMILES string of the molecule is CN(Cc1ccc(F)cc1)C[C@H]1CC[C@@H](CNc2c(C#N)c(=N)n(C)c(=S)n2C)O1. The number of rotatable bonds is 7. The fourth-order valence-corrected chi connectivity index (χ4v) is 3.95. The Morgan fingerprint density at radius 3 is 2.60 bits per heavy atom. The molecule has 1 aliphatic rings. The summed E-state index contributed by atoms with van der Waals surface area (Å²) < 4.78 is 22.9. The van der Waals surface area contributed by atoms with Gasteiger partial charge in [-0.25, -0.2) is 4.39 Å². The third-order valence-electron chi connectivity index (χ3n) is 5.40. The van der Waals surface area contributed by atoms with Crippen molar-refractivity contribution >= 4 is 18.0 Å². The minimum absolute atomic E-state index is 0.0254. The first-order valence-electron chi connectivity index (χ1n) is 9.87. The molecule has 0 saturated carbocycles. The van der Waals surface area contributed by atoms with Crippen LogP contribution in [0.1, 0.15) is 24.0 Å². The molecule has 0 aliphatic carbocycles. The quantitative estimate of drug-likeness (QED) is 0.660. The Morgan fingerprint density at radius 1 is 1.27 bits per heavy atom. The molecule has 0 unspecified atom stereocenters. The first kappa shape index (κ1) is 22.2. The monoisotopic (exact) mass is 430 g/mol. The number of benzene rings is 1. The lowest BCUT2D eigenvalue weighted by Crippen LogP contribution is -2.31. The molecule has 0 bridgehead atoms. The van der Waals surface area contributed by atoms with E-state index in [-0.39, 0.29) is 29.1 Å². The minimum Gasteiger partial charge on any atom is -0.372 e. The van der Waals surface area contributed by atoms with E-state index in [4.69, 9.17) is 22.4 Å². The van der Waals surface area contributed by atoms with Crippen LogP contribution in [-0.2, 0) is 25.4 Å². The predicted octanol–water partition coefficient (Wildman–Crippen LogP) is 2.67. The average molecular weight is 431 g/mol. The van der Waals surface area contributed by atoms with Crippen LogP contribution in [0.4, 0.5) is 10.2 Å². The Labute approximate surface area is 180 Å². The van der Waals surface area contributed by atoms with Crippen LogP contribution in [-0.4, -0.2) is 46.4 Å². The second-order valence-electron chi connectivity index (χ2n) is 7.75. The van der Waals surface area contributed by atoms with E-state index in [0.717, 1.165) is 31.5 Å². The predicted molar refractivity (Wildman–Crippen MR) is 115 cm³/mol. The van der Waals surface area contributed by atoms with Crippen molar-refractivity contribution in [3.8, 4) is 6.07 Å². The summed E-state index contributed by atoms with van der Waals surface area (Å²) in [7, 11) is 5.50. The van der Waals surface area contributed by atoms with Crippen LogP contribution in [0.25, 0.3) is 0 Å². The summed E-state index contributed by atoms with van der Waals surface area (Å²) in [5, 5.41) is 20.9. The van der Waals surface area contributed by atoms with E-state index in [0.29, 0.717) is 17.1 Å². The molecule has 30 heavy (non-hydrogen) atoms. The molecule has 2 aromatic rings. The van der Waals surface area contributed by atoms with Gasteiger partial charge in [-0.2, -0.15) is 5.26 Å². The summed E-state index contributed by atoms with van der Waals surface area (Å²) in [6, 6.07) is 8.66. The van der Waals surface area contributed by atoms with Crippen molar-refractivity contribution in [1.29, 1.82) is 10.7 Å². The molecular weight excluding hydrogens is 403 g/mol. The summed E-state index contributed by atoms with van der Waals surface area (Å²) in [4.78, 5) is 2.18. The first-order chi connectivity index (χ1) is 14.3. The zero-order chi connectivity index (χ0) is 21.8. The van der Waals surface area contributed by atoms with Gasteiger partial charge in [-0.15, -0.1) is 0 Å². The van der Waals surface area contributed by atoms with Gasteiger partial charge >= 0.3 is 0 Å². The average Bonchev–Trinajstić information content (AvgIpc) is 3.16. The van der Waals surface area contributed by atoms with Gasteiger partial charge in [0.15, 0.2) is 4.77 Å². The highest BCUT2D eigenvalue weighted by molar-refractivity contribution is 7.71. The van der Waals surface area contributed by atoms with Gasteiger partial charge in [-0.05, 0) is 49.8 Å². The summed E-state index contributed by atoms with van der Waals surface area (Å²) in [5.74, 6) is 0.322. The molecule has 2 heterocycles. The van der Waals surface area contributed by atoms with E-state index in [2.05, 4.69) is 16.3 Å². The third kappa shape index (κ3) is 4.95. The van der Waals surface area contributed by atoms with Crippen molar-refractivity contribution in [2.75, 3.05) is 25.5 Å². The minimum atomic E-state index is -0.225. The van der Waals surface area contributed by atoms with Crippen LogP contribution < -0.4 is 10.8 Å². The lowest BCUT2D eigenvalue weighted by molar-refractivity contribution is 0.0324. The number of nitrogens with one attached hydrogen (secondary N) is 2. The number of nitriles is 1. The Kier molecular flexibility index (Phi) is 7.02. The first-order valence-corrected chi connectivity index (χ1v) is 10.3. The zero-order valence-electron chi connectivity index (χ0n) is 17.5. The highest BCUT2D eigenvalue weighted by atomic mass is 32.1. The molecule has 0 spiro atoms. The van der Waals surface area contributed by atoms with Crippen LogP contribution in [0.3, 0.4) is 0 Å². The van der Waals surface area contributed by atoms with Gasteiger partial charge in [0.1, 0.15) is 28.8 Å². The smallest absolute Gasteiger partial charge is 0.182 e. The second kappa shape index (κ2) is 9.51. The summed E-state index contributed by atoms with van der Waals surface area (Å²) >= 11 is 5.35. The van der Waals surface area contributed by atoms with E-state index in [9.17, 15) is 9.65 Å². The molecule has 160 valence electrons. The number of nitrogens with zero attached hydrogens (tertiary/aromatic N) is 4. The van der Waals surface area contributed by atoms with E-state index in [1.54, 1.807) is 30.8 Å². The molecule has 1 aromatic heterocycles.